The summed E-state index contributed by atoms with van der Waals surface area (Å²) in [6.45, 7) is 8.13. The highest BCUT2D eigenvalue weighted by Crippen LogP contribution is 2.37. The number of aryl methyl sites for hydroxylation is 1. The summed E-state index contributed by atoms with van der Waals surface area (Å²) in [4.78, 5) is 0.346. The van der Waals surface area contributed by atoms with E-state index in [0.29, 0.717) is 34.5 Å². The largest absolute Gasteiger partial charge is 0.398 e. The number of anilines is 1. The zero-order chi connectivity index (χ0) is 14.4. The van der Waals surface area contributed by atoms with Crippen molar-refractivity contribution in [1.82, 2.24) is 4.72 Å². The molecule has 106 valence electrons. The summed E-state index contributed by atoms with van der Waals surface area (Å²) >= 11 is 0. The first kappa shape index (κ1) is 14.3. The minimum atomic E-state index is -3.48. The molecule has 3 N–H and O–H groups in total. The zero-order valence-corrected chi connectivity index (χ0v) is 12.8. The van der Waals surface area contributed by atoms with Crippen molar-refractivity contribution in [1.29, 1.82) is 0 Å². The zero-order valence-electron chi connectivity index (χ0n) is 11.9. The summed E-state index contributed by atoms with van der Waals surface area (Å²) in [6.07, 6.45) is 1.11. The lowest BCUT2D eigenvalue weighted by Gasteiger charge is -2.15. The predicted octanol–water partition coefficient (Wildman–Crippen LogP) is 2.13. The standard InChI is InChI=1S/C14H22N2O2S/c1-8-6-13(15)11(4)14(10(8)3)19(17,18)16-7-12-5-9(12)2/h6,9,12,16H,5,7,15H2,1-4H3. The molecule has 4 nitrogen and oxygen atoms in total. The van der Waals surface area contributed by atoms with Gasteiger partial charge in [-0.25, -0.2) is 13.1 Å². The van der Waals surface area contributed by atoms with Crippen molar-refractivity contribution in [2.24, 2.45) is 11.8 Å². The van der Waals surface area contributed by atoms with E-state index in [1.807, 2.05) is 19.9 Å². The maximum absolute atomic E-state index is 12.5. The predicted molar refractivity (Wildman–Crippen MR) is 77.5 cm³/mol. The molecule has 2 rings (SSSR count). The molecule has 0 aliphatic heterocycles. The summed E-state index contributed by atoms with van der Waals surface area (Å²) < 4.78 is 27.6. The lowest BCUT2D eigenvalue weighted by atomic mass is 10.1. The second-order valence-corrected chi connectivity index (χ2v) is 7.39. The van der Waals surface area contributed by atoms with Gasteiger partial charge in [0.15, 0.2) is 0 Å². The maximum Gasteiger partial charge on any atom is 0.241 e. The van der Waals surface area contributed by atoms with Gasteiger partial charge in [0.1, 0.15) is 0 Å². The summed E-state index contributed by atoms with van der Waals surface area (Å²) in [5.41, 5.74) is 8.74. The maximum atomic E-state index is 12.5. The normalized spacial score (nSPS) is 22.5. The van der Waals surface area contributed by atoms with Gasteiger partial charge in [0, 0.05) is 12.2 Å². The van der Waals surface area contributed by atoms with Crippen LogP contribution in [0.1, 0.15) is 30.0 Å². The van der Waals surface area contributed by atoms with E-state index in [9.17, 15) is 8.42 Å². The van der Waals surface area contributed by atoms with Crippen LogP contribution in [0.25, 0.3) is 0 Å². The molecule has 19 heavy (non-hydrogen) atoms. The van der Waals surface area contributed by atoms with Crippen LogP contribution >= 0.6 is 0 Å². The molecule has 1 aromatic rings. The summed E-state index contributed by atoms with van der Waals surface area (Å²) in [7, 11) is -3.48. The van der Waals surface area contributed by atoms with E-state index < -0.39 is 10.0 Å². The Morgan fingerprint density at radius 1 is 1.32 bits per heavy atom. The van der Waals surface area contributed by atoms with E-state index in [4.69, 9.17) is 5.73 Å². The molecule has 1 aromatic carbocycles. The molecule has 2 unspecified atom stereocenters. The van der Waals surface area contributed by atoms with Gasteiger partial charge in [0.25, 0.3) is 0 Å². The van der Waals surface area contributed by atoms with Crippen LogP contribution in [0.5, 0.6) is 0 Å². The quantitative estimate of drug-likeness (QED) is 0.831. The highest BCUT2D eigenvalue weighted by Gasteiger charge is 2.34. The fraction of sp³-hybridized carbons (Fsp3) is 0.571. The van der Waals surface area contributed by atoms with Crippen LogP contribution in [0, 0.1) is 32.6 Å². The molecule has 0 amide bonds. The van der Waals surface area contributed by atoms with E-state index >= 15 is 0 Å². The molecule has 1 aliphatic carbocycles. The Kier molecular flexibility index (Phi) is 3.62. The second kappa shape index (κ2) is 4.80. The van der Waals surface area contributed by atoms with Gasteiger partial charge in [-0.1, -0.05) is 6.92 Å². The second-order valence-electron chi connectivity index (χ2n) is 5.69. The van der Waals surface area contributed by atoms with Gasteiger partial charge in [0.05, 0.1) is 4.90 Å². The molecule has 1 fully saturated rings. The van der Waals surface area contributed by atoms with Crippen LogP contribution in [0.15, 0.2) is 11.0 Å². The number of nitrogen functional groups attached to an aromatic ring is 1. The topological polar surface area (TPSA) is 72.2 Å². The first-order valence-electron chi connectivity index (χ1n) is 6.60. The highest BCUT2D eigenvalue weighted by molar-refractivity contribution is 7.89. The number of benzene rings is 1. The van der Waals surface area contributed by atoms with Crippen LogP contribution in [-0.2, 0) is 10.0 Å². The lowest BCUT2D eigenvalue weighted by molar-refractivity contribution is 0.573. The molecule has 1 saturated carbocycles. The molecular weight excluding hydrogens is 260 g/mol. The van der Waals surface area contributed by atoms with Crippen LogP contribution in [0.2, 0.25) is 0 Å². The molecular formula is C14H22N2O2S. The lowest BCUT2D eigenvalue weighted by Crippen LogP contribution is -2.28. The third kappa shape index (κ3) is 2.77. The fourth-order valence-electron chi connectivity index (χ4n) is 2.42. The third-order valence-electron chi connectivity index (χ3n) is 4.16. The highest BCUT2D eigenvalue weighted by atomic mass is 32.2. The van der Waals surface area contributed by atoms with Gasteiger partial charge in [-0.15, -0.1) is 0 Å². The summed E-state index contributed by atoms with van der Waals surface area (Å²) in [5.74, 6) is 1.12. The minimum absolute atomic E-state index is 0.346. The number of hydrogen-bond donors (Lipinski definition) is 2. The monoisotopic (exact) mass is 282 g/mol. The number of hydrogen-bond acceptors (Lipinski definition) is 3. The molecule has 0 spiro atoms. The molecule has 1 aliphatic rings. The van der Waals surface area contributed by atoms with Gasteiger partial charge in [-0.3, -0.25) is 0 Å². The van der Waals surface area contributed by atoms with Crippen molar-refractivity contribution in [3.05, 3.63) is 22.8 Å². The molecule has 0 saturated heterocycles. The number of sulfonamides is 1. The third-order valence-corrected chi connectivity index (χ3v) is 5.85. The first-order valence-corrected chi connectivity index (χ1v) is 8.08. The molecule has 0 aromatic heterocycles. The van der Waals surface area contributed by atoms with Crippen molar-refractivity contribution < 1.29 is 8.42 Å². The van der Waals surface area contributed by atoms with E-state index in [-0.39, 0.29) is 0 Å². The van der Waals surface area contributed by atoms with E-state index in [1.165, 1.54) is 0 Å². The Bertz CT molecular complexity index is 582. The van der Waals surface area contributed by atoms with E-state index in [0.717, 1.165) is 17.5 Å². The van der Waals surface area contributed by atoms with Gasteiger partial charge in [0.2, 0.25) is 10.0 Å². The Morgan fingerprint density at radius 3 is 2.42 bits per heavy atom. The average Bonchev–Trinajstić information content (AvgIpc) is 3.00. The number of nitrogens with one attached hydrogen (secondary N) is 1. The minimum Gasteiger partial charge on any atom is -0.398 e. The van der Waals surface area contributed by atoms with E-state index in [1.54, 1.807) is 6.92 Å². The van der Waals surface area contributed by atoms with Crippen molar-refractivity contribution >= 4 is 15.7 Å². The Hall–Kier alpha value is -1.07. The van der Waals surface area contributed by atoms with Crippen LogP contribution in [0.3, 0.4) is 0 Å². The molecule has 0 heterocycles. The fourth-order valence-corrected chi connectivity index (χ4v) is 4.08. The molecule has 0 radical (unpaired) electrons. The average molecular weight is 282 g/mol. The first-order chi connectivity index (χ1) is 8.74. The molecule has 5 heteroatoms. The van der Waals surface area contributed by atoms with E-state index in [2.05, 4.69) is 11.6 Å². The van der Waals surface area contributed by atoms with Crippen LogP contribution in [0.4, 0.5) is 5.69 Å². The molecule has 2 atom stereocenters. The number of nitrogens with two attached hydrogens (primary N) is 1. The Morgan fingerprint density at radius 2 is 1.89 bits per heavy atom. The van der Waals surface area contributed by atoms with Gasteiger partial charge < -0.3 is 5.73 Å². The van der Waals surface area contributed by atoms with Gasteiger partial charge >= 0.3 is 0 Å². The van der Waals surface area contributed by atoms with Gasteiger partial charge in [-0.2, -0.15) is 0 Å². The molecule has 0 bridgehead atoms. The number of rotatable bonds is 4. The van der Waals surface area contributed by atoms with Crippen molar-refractivity contribution in [2.75, 3.05) is 12.3 Å². The van der Waals surface area contributed by atoms with Crippen LogP contribution in [-0.4, -0.2) is 15.0 Å². The van der Waals surface area contributed by atoms with Gasteiger partial charge in [-0.05, 0) is 61.8 Å². The van der Waals surface area contributed by atoms with Crippen LogP contribution < -0.4 is 10.5 Å². The van der Waals surface area contributed by atoms with Crippen molar-refractivity contribution in [2.45, 2.75) is 39.0 Å². The summed E-state index contributed by atoms with van der Waals surface area (Å²) in [5, 5.41) is 0. The SMILES string of the molecule is Cc1cc(N)c(C)c(S(=O)(=O)NCC2CC2C)c1C. The smallest absolute Gasteiger partial charge is 0.241 e. The van der Waals surface area contributed by atoms with Crippen molar-refractivity contribution in [3.8, 4) is 0 Å². The summed E-state index contributed by atoms with van der Waals surface area (Å²) in [6, 6.07) is 1.83. The Balaban J connectivity index is 2.34. The Labute approximate surface area is 115 Å². The van der Waals surface area contributed by atoms with Crippen molar-refractivity contribution in [3.63, 3.8) is 0 Å².